The van der Waals surface area contributed by atoms with Gasteiger partial charge >= 0.3 is 5.97 Å². The van der Waals surface area contributed by atoms with Crippen molar-refractivity contribution in [3.63, 3.8) is 0 Å². The van der Waals surface area contributed by atoms with Crippen LogP contribution in [0.3, 0.4) is 0 Å². The molecule has 3 heterocycles. The first-order chi connectivity index (χ1) is 25.3. The molecule has 0 aromatic heterocycles. The predicted molar refractivity (Wildman–Crippen MR) is 196 cm³/mol. The highest BCUT2D eigenvalue weighted by atomic mass is 16.6. The quantitative estimate of drug-likeness (QED) is 0.201. The molecular weight excluding hydrogens is 660 g/mol. The molecule has 3 aliphatic heterocycles. The maximum atomic E-state index is 14.6. The minimum atomic E-state index is -1.29. The Morgan fingerprint density at radius 2 is 1.58 bits per heavy atom. The number of methoxy groups -OCH3 is 3. The van der Waals surface area contributed by atoms with Gasteiger partial charge in [0, 0.05) is 37.7 Å². The van der Waals surface area contributed by atoms with Crippen molar-refractivity contribution >= 4 is 17.8 Å². The molecule has 2 fully saturated rings. The van der Waals surface area contributed by atoms with Crippen LogP contribution in [0.2, 0.25) is 0 Å². The molecule has 3 aromatic carbocycles. The van der Waals surface area contributed by atoms with Crippen LogP contribution in [0.1, 0.15) is 55.2 Å². The average molecular weight is 711 g/mol. The van der Waals surface area contributed by atoms with E-state index in [1.54, 1.807) is 19.1 Å². The number of piperidine rings is 2. The molecule has 6 rings (SSSR count). The molecule has 0 aliphatic carbocycles. The maximum Gasteiger partial charge on any atom is 0.320 e. The van der Waals surface area contributed by atoms with Crippen molar-refractivity contribution in [2.45, 2.75) is 63.8 Å². The Morgan fingerprint density at radius 1 is 0.885 bits per heavy atom. The molecule has 0 spiro atoms. The minimum Gasteiger partial charge on any atom is -0.493 e. The number of fused-ring (bicyclic) bond motifs is 1. The smallest absolute Gasteiger partial charge is 0.320 e. The van der Waals surface area contributed by atoms with Gasteiger partial charge in [-0.05, 0) is 73.4 Å². The molecular formula is C42H50N2O8. The Kier molecular flexibility index (Phi) is 12.0. The van der Waals surface area contributed by atoms with Crippen molar-refractivity contribution in [3.8, 4) is 11.5 Å². The molecule has 2 amide bonds. The number of carbonyl (C=O) groups is 3. The van der Waals surface area contributed by atoms with E-state index in [2.05, 4.69) is 12.1 Å². The Balaban J connectivity index is 1.26. The van der Waals surface area contributed by atoms with E-state index in [1.165, 1.54) is 12.7 Å². The molecule has 10 nitrogen and oxygen atoms in total. The Morgan fingerprint density at radius 3 is 2.25 bits per heavy atom. The number of likely N-dealkylation sites (tertiary alicyclic amines) is 2. The summed E-state index contributed by atoms with van der Waals surface area (Å²) in [5.74, 6) is 0.107. The maximum absolute atomic E-state index is 14.6. The van der Waals surface area contributed by atoms with Crippen molar-refractivity contribution < 1.29 is 38.1 Å². The van der Waals surface area contributed by atoms with Gasteiger partial charge in [-0.3, -0.25) is 14.4 Å². The molecule has 0 radical (unpaired) electrons. The summed E-state index contributed by atoms with van der Waals surface area (Å²) >= 11 is 0. The monoisotopic (exact) mass is 710 g/mol. The fourth-order valence-electron chi connectivity index (χ4n) is 8.05. The van der Waals surface area contributed by atoms with Crippen molar-refractivity contribution in [2.75, 3.05) is 47.6 Å². The van der Waals surface area contributed by atoms with E-state index in [9.17, 15) is 14.4 Å². The molecule has 3 aliphatic rings. The van der Waals surface area contributed by atoms with Gasteiger partial charge in [0.25, 0.3) is 0 Å². The molecule has 10 heteroatoms. The van der Waals surface area contributed by atoms with Crippen LogP contribution < -0.4 is 9.47 Å². The van der Waals surface area contributed by atoms with Gasteiger partial charge in [0.2, 0.25) is 11.8 Å². The third kappa shape index (κ3) is 7.88. The zero-order valence-electron chi connectivity index (χ0n) is 30.6. The number of carbonyl (C=O) groups excluding carboxylic acids is 3. The van der Waals surface area contributed by atoms with Crippen molar-refractivity contribution in [3.05, 3.63) is 107 Å². The van der Waals surface area contributed by atoms with Crippen molar-refractivity contribution in [1.29, 1.82) is 0 Å². The molecule has 0 bridgehead atoms. The molecule has 52 heavy (non-hydrogen) atoms. The number of hydrogen-bond donors (Lipinski definition) is 0. The standard InChI is InChI=1S/C42H50N2O8/c1-29-42(41(47)50-4)26-34(24-39(45)43-20-18-33(19-21-43)32-13-9-6-10-14-32)40(46)44(22-17-30-15-16-36(48-2)37(23-30)49-3)38(42)25-35(52-29)28-51-27-31-11-7-5-8-12-31/h5-16,23,25,29,33-35H,17-22,24,26-28H2,1-4H3/t29-,34+,35-,42+/m1/s1. The van der Waals surface area contributed by atoms with Gasteiger partial charge < -0.3 is 33.5 Å². The Bertz CT molecular complexity index is 1720. The van der Waals surface area contributed by atoms with Crippen LogP contribution in [-0.2, 0) is 41.6 Å². The second kappa shape index (κ2) is 16.8. The van der Waals surface area contributed by atoms with E-state index in [0.717, 1.165) is 24.0 Å². The normalized spacial score (nSPS) is 23.4. The summed E-state index contributed by atoms with van der Waals surface area (Å²) in [5.41, 5.74) is 2.50. The van der Waals surface area contributed by atoms with Crippen LogP contribution in [0.15, 0.2) is 90.6 Å². The average Bonchev–Trinajstić information content (AvgIpc) is 3.18. The Hall–Kier alpha value is -4.67. The molecule has 3 aromatic rings. The first kappa shape index (κ1) is 37.1. The van der Waals surface area contributed by atoms with E-state index in [0.29, 0.717) is 49.2 Å². The van der Waals surface area contributed by atoms with Crippen LogP contribution in [0.4, 0.5) is 0 Å². The van der Waals surface area contributed by atoms with Gasteiger partial charge in [0.1, 0.15) is 11.5 Å². The highest BCUT2D eigenvalue weighted by molar-refractivity contribution is 5.92. The van der Waals surface area contributed by atoms with Crippen LogP contribution in [0.5, 0.6) is 11.5 Å². The zero-order valence-corrected chi connectivity index (χ0v) is 30.6. The lowest BCUT2D eigenvalue weighted by molar-refractivity contribution is -0.178. The van der Waals surface area contributed by atoms with E-state index < -0.39 is 29.5 Å². The molecule has 4 atom stereocenters. The summed E-state index contributed by atoms with van der Waals surface area (Å²) in [6.45, 7) is 4.01. The lowest BCUT2D eigenvalue weighted by Crippen LogP contribution is -2.61. The highest BCUT2D eigenvalue weighted by Gasteiger charge is 2.59. The summed E-state index contributed by atoms with van der Waals surface area (Å²) < 4.78 is 29.0. The third-order valence-electron chi connectivity index (χ3n) is 10.9. The van der Waals surface area contributed by atoms with Gasteiger partial charge in [0.05, 0.1) is 40.6 Å². The zero-order chi connectivity index (χ0) is 36.7. The van der Waals surface area contributed by atoms with Crippen LogP contribution >= 0.6 is 0 Å². The summed E-state index contributed by atoms with van der Waals surface area (Å²) in [5, 5.41) is 0. The van der Waals surface area contributed by atoms with E-state index in [1.807, 2.05) is 84.6 Å². The predicted octanol–water partition coefficient (Wildman–Crippen LogP) is 5.94. The largest absolute Gasteiger partial charge is 0.493 e. The van der Waals surface area contributed by atoms with Gasteiger partial charge in [-0.15, -0.1) is 0 Å². The van der Waals surface area contributed by atoms with Crippen LogP contribution in [-0.4, -0.2) is 87.4 Å². The van der Waals surface area contributed by atoms with E-state index in [-0.39, 0.29) is 37.8 Å². The van der Waals surface area contributed by atoms with Gasteiger partial charge in [-0.2, -0.15) is 0 Å². The summed E-state index contributed by atoms with van der Waals surface area (Å²) in [6.07, 6.45) is 3.01. The second-order valence-corrected chi connectivity index (χ2v) is 13.9. The van der Waals surface area contributed by atoms with Gasteiger partial charge in [0.15, 0.2) is 11.5 Å². The molecule has 0 N–H and O–H groups in total. The molecule has 0 unspecified atom stereocenters. The number of ether oxygens (including phenoxy) is 5. The van der Waals surface area contributed by atoms with Crippen LogP contribution in [0, 0.1) is 11.3 Å². The first-order valence-corrected chi connectivity index (χ1v) is 18.2. The summed E-state index contributed by atoms with van der Waals surface area (Å²) in [6, 6.07) is 25.9. The van der Waals surface area contributed by atoms with Gasteiger partial charge in [-0.25, -0.2) is 0 Å². The highest BCUT2D eigenvalue weighted by Crippen LogP contribution is 2.50. The molecule has 0 saturated carbocycles. The van der Waals surface area contributed by atoms with Crippen LogP contribution in [0.25, 0.3) is 0 Å². The van der Waals surface area contributed by atoms with Crippen molar-refractivity contribution in [1.82, 2.24) is 9.80 Å². The number of esters is 1. The molecule has 276 valence electrons. The van der Waals surface area contributed by atoms with Crippen molar-refractivity contribution in [2.24, 2.45) is 11.3 Å². The number of benzene rings is 3. The second-order valence-electron chi connectivity index (χ2n) is 13.9. The van der Waals surface area contributed by atoms with Gasteiger partial charge in [-0.1, -0.05) is 66.7 Å². The number of rotatable bonds is 13. The lowest BCUT2D eigenvalue weighted by atomic mass is 9.66. The first-order valence-electron chi connectivity index (χ1n) is 18.2. The lowest BCUT2D eigenvalue weighted by Gasteiger charge is -2.51. The summed E-state index contributed by atoms with van der Waals surface area (Å²) in [4.78, 5) is 46.0. The van der Waals surface area contributed by atoms with E-state index >= 15 is 0 Å². The van der Waals surface area contributed by atoms with E-state index in [4.69, 9.17) is 23.7 Å². The number of nitrogens with zero attached hydrogens (tertiary/aromatic N) is 2. The Labute approximate surface area is 306 Å². The third-order valence-corrected chi connectivity index (χ3v) is 10.9. The number of hydrogen-bond acceptors (Lipinski definition) is 8. The topological polar surface area (TPSA) is 104 Å². The number of amides is 2. The minimum absolute atomic E-state index is 0.00402. The summed E-state index contributed by atoms with van der Waals surface area (Å²) in [7, 11) is 4.53. The fraction of sp³-hybridized carbons (Fsp3) is 0.452. The SMILES string of the molecule is COC(=O)[C@]12C[C@H](CC(=O)N3CCC(c4ccccc4)CC3)C(=O)N(CCc3ccc(OC)c(OC)c3)C1=C[C@H](COCc1ccccc1)O[C@@H]2C. The fourth-order valence-corrected chi connectivity index (χ4v) is 8.05. The molecule has 2 saturated heterocycles.